The van der Waals surface area contributed by atoms with Crippen LogP contribution < -0.4 is 5.56 Å². The van der Waals surface area contributed by atoms with Gasteiger partial charge in [-0.05, 0) is 17.7 Å². The largest absolute Gasteiger partial charge is 0.277 e. The standard InChI is InChI=1S/C11H6Cl2N2OS2/c12-8-2-1-6(3-9(8)13)5-17-11-7(4-14)10(16)15-18-11/h1-3H,5H2,(H,15,16). The Morgan fingerprint density at radius 3 is 2.83 bits per heavy atom. The van der Waals surface area contributed by atoms with Gasteiger partial charge in [-0.25, -0.2) is 0 Å². The number of thioether (sulfide) groups is 1. The third-order valence-electron chi connectivity index (χ3n) is 2.13. The number of rotatable bonds is 3. The average Bonchev–Trinajstić information content (AvgIpc) is 2.71. The van der Waals surface area contributed by atoms with Crippen LogP contribution in [0.4, 0.5) is 0 Å². The second-order valence-electron chi connectivity index (χ2n) is 3.34. The molecule has 2 aromatic rings. The summed E-state index contributed by atoms with van der Waals surface area (Å²) in [6, 6.07) is 7.27. The van der Waals surface area contributed by atoms with E-state index in [-0.39, 0.29) is 11.1 Å². The highest BCUT2D eigenvalue weighted by Crippen LogP contribution is 2.30. The summed E-state index contributed by atoms with van der Waals surface area (Å²) in [5.74, 6) is 0.624. The minimum Gasteiger partial charge on any atom is -0.276 e. The lowest BCUT2D eigenvalue weighted by atomic mass is 10.2. The average molecular weight is 317 g/mol. The van der Waals surface area contributed by atoms with Crippen LogP contribution in [0.15, 0.2) is 27.2 Å². The highest BCUT2D eigenvalue weighted by Gasteiger charge is 2.10. The van der Waals surface area contributed by atoms with Gasteiger partial charge in [-0.3, -0.25) is 9.17 Å². The van der Waals surface area contributed by atoms with Crippen LogP contribution in [0.5, 0.6) is 0 Å². The Hall–Kier alpha value is -0.930. The number of benzene rings is 1. The van der Waals surface area contributed by atoms with Crippen molar-refractivity contribution in [3.63, 3.8) is 0 Å². The Kier molecular flexibility index (Phi) is 4.36. The molecule has 1 N–H and O–H groups in total. The lowest BCUT2D eigenvalue weighted by Crippen LogP contribution is -2.01. The second-order valence-corrected chi connectivity index (χ2v) is 6.22. The molecule has 18 heavy (non-hydrogen) atoms. The quantitative estimate of drug-likeness (QED) is 0.873. The number of nitrogens with zero attached hydrogens (tertiary/aromatic N) is 1. The summed E-state index contributed by atoms with van der Waals surface area (Å²) in [4.78, 5) is 11.3. The lowest BCUT2D eigenvalue weighted by molar-refractivity contribution is 1.35. The molecule has 0 unspecified atom stereocenters. The molecule has 0 fully saturated rings. The molecular formula is C11H6Cl2N2OS2. The molecule has 0 atom stereocenters. The van der Waals surface area contributed by atoms with Gasteiger partial charge in [-0.1, -0.05) is 40.8 Å². The Balaban J connectivity index is 2.14. The van der Waals surface area contributed by atoms with E-state index < -0.39 is 0 Å². The molecular weight excluding hydrogens is 311 g/mol. The van der Waals surface area contributed by atoms with Crippen molar-refractivity contribution in [1.82, 2.24) is 4.37 Å². The number of halogens is 2. The first kappa shape index (κ1) is 13.5. The van der Waals surface area contributed by atoms with Gasteiger partial charge in [0, 0.05) is 5.75 Å². The molecule has 0 radical (unpaired) electrons. The van der Waals surface area contributed by atoms with Crippen LogP contribution in [0.2, 0.25) is 10.0 Å². The SMILES string of the molecule is N#Cc1c(SCc2ccc(Cl)c(Cl)c2)s[nH]c1=O. The van der Waals surface area contributed by atoms with Gasteiger partial charge in [0.2, 0.25) is 0 Å². The first-order chi connectivity index (χ1) is 8.61. The second kappa shape index (κ2) is 5.81. The molecule has 2 rings (SSSR count). The van der Waals surface area contributed by atoms with Crippen molar-refractivity contribution in [3.05, 3.63) is 49.7 Å². The topological polar surface area (TPSA) is 56.6 Å². The highest BCUT2D eigenvalue weighted by atomic mass is 35.5. The molecule has 3 nitrogen and oxygen atoms in total. The molecule has 0 bridgehead atoms. The maximum absolute atomic E-state index is 11.3. The summed E-state index contributed by atoms with van der Waals surface area (Å²) in [5.41, 5.74) is 0.823. The minimum absolute atomic E-state index is 0.171. The molecule has 0 aliphatic rings. The molecule has 0 saturated carbocycles. The first-order valence-electron chi connectivity index (χ1n) is 4.80. The number of hydrogen-bond donors (Lipinski definition) is 1. The van der Waals surface area contributed by atoms with E-state index in [0.717, 1.165) is 5.56 Å². The predicted octanol–water partition coefficient (Wildman–Crippen LogP) is 3.91. The summed E-state index contributed by atoms with van der Waals surface area (Å²) in [7, 11) is 0. The zero-order chi connectivity index (χ0) is 13.1. The normalized spacial score (nSPS) is 10.3. The number of H-pyrrole nitrogens is 1. The summed E-state index contributed by atoms with van der Waals surface area (Å²) < 4.78 is 3.23. The summed E-state index contributed by atoms with van der Waals surface area (Å²) >= 11 is 14.3. The molecule has 0 spiro atoms. The number of nitrogens with one attached hydrogen (secondary N) is 1. The van der Waals surface area contributed by atoms with Crippen LogP contribution >= 0.6 is 46.5 Å². The summed E-state index contributed by atoms with van der Waals surface area (Å²) in [6.07, 6.45) is 0. The lowest BCUT2D eigenvalue weighted by Gasteiger charge is -2.01. The van der Waals surface area contributed by atoms with E-state index in [0.29, 0.717) is 20.0 Å². The predicted molar refractivity (Wildman–Crippen MR) is 75.7 cm³/mol. The van der Waals surface area contributed by atoms with Crippen molar-refractivity contribution in [2.45, 2.75) is 9.96 Å². The van der Waals surface area contributed by atoms with Gasteiger partial charge >= 0.3 is 0 Å². The van der Waals surface area contributed by atoms with Gasteiger partial charge in [0.1, 0.15) is 15.8 Å². The summed E-state index contributed by atoms with van der Waals surface area (Å²) in [5, 5.41) is 9.86. The fourth-order valence-electron chi connectivity index (χ4n) is 1.26. The highest BCUT2D eigenvalue weighted by molar-refractivity contribution is 8.00. The molecule has 7 heteroatoms. The molecule has 0 saturated heterocycles. The van der Waals surface area contributed by atoms with Crippen molar-refractivity contribution in [2.75, 3.05) is 0 Å². The molecule has 1 aromatic heterocycles. The fraction of sp³-hybridized carbons (Fsp3) is 0.0909. The van der Waals surface area contributed by atoms with Crippen LogP contribution in [0, 0.1) is 11.3 Å². The molecule has 1 heterocycles. The van der Waals surface area contributed by atoms with Crippen molar-refractivity contribution in [2.24, 2.45) is 0 Å². The van der Waals surface area contributed by atoms with E-state index in [1.165, 1.54) is 23.3 Å². The van der Waals surface area contributed by atoms with Crippen LogP contribution in [0.25, 0.3) is 0 Å². The van der Waals surface area contributed by atoms with Crippen molar-refractivity contribution in [1.29, 1.82) is 5.26 Å². The van der Waals surface area contributed by atoms with E-state index in [2.05, 4.69) is 4.37 Å². The van der Waals surface area contributed by atoms with E-state index >= 15 is 0 Å². The zero-order valence-electron chi connectivity index (χ0n) is 8.87. The Morgan fingerprint density at radius 1 is 1.39 bits per heavy atom. The number of hydrogen-bond acceptors (Lipinski definition) is 4. The van der Waals surface area contributed by atoms with Crippen LogP contribution in [0.3, 0.4) is 0 Å². The van der Waals surface area contributed by atoms with E-state index in [1.54, 1.807) is 12.1 Å². The molecule has 0 aliphatic heterocycles. The fourth-order valence-corrected chi connectivity index (χ4v) is 3.41. The van der Waals surface area contributed by atoms with E-state index in [9.17, 15) is 4.79 Å². The molecule has 92 valence electrons. The summed E-state index contributed by atoms with van der Waals surface area (Å²) in [6.45, 7) is 0. The van der Waals surface area contributed by atoms with Crippen LogP contribution in [-0.4, -0.2) is 4.37 Å². The van der Waals surface area contributed by atoms with Crippen molar-refractivity contribution < 1.29 is 0 Å². The zero-order valence-corrected chi connectivity index (χ0v) is 12.0. The van der Waals surface area contributed by atoms with Crippen molar-refractivity contribution in [3.8, 4) is 6.07 Å². The first-order valence-corrected chi connectivity index (χ1v) is 7.36. The van der Waals surface area contributed by atoms with E-state index in [4.69, 9.17) is 28.5 Å². The Bertz CT molecular complexity index is 672. The van der Waals surface area contributed by atoms with Gasteiger partial charge < -0.3 is 0 Å². The molecule has 0 aliphatic carbocycles. The Morgan fingerprint density at radius 2 is 2.17 bits per heavy atom. The van der Waals surface area contributed by atoms with Crippen LogP contribution in [0.1, 0.15) is 11.1 Å². The van der Waals surface area contributed by atoms with Crippen LogP contribution in [-0.2, 0) is 5.75 Å². The van der Waals surface area contributed by atoms with Gasteiger partial charge in [0.15, 0.2) is 0 Å². The monoisotopic (exact) mass is 316 g/mol. The maximum Gasteiger partial charge on any atom is 0.277 e. The van der Waals surface area contributed by atoms with Gasteiger partial charge in [-0.15, -0.1) is 11.8 Å². The number of aromatic amines is 1. The Labute approximate surface area is 122 Å². The van der Waals surface area contributed by atoms with Crippen molar-refractivity contribution >= 4 is 46.5 Å². The third-order valence-corrected chi connectivity index (χ3v) is 5.10. The number of nitriles is 1. The third kappa shape index (κ3) is 2.90. The van der Waals surface area contributed by atoms with Gasteiger partial charge in [0.05, 0.1) is 10.0 Å². The number of aromatic nitrogens is 1. The van der Waals surface area contributed by atoms with Gasteiger partial charge in [0.25, 0.3) is 5.56 Å². The maximum atomic E-state index is 11.3. The van der Waals surface area contributed by atoms with E-state index in [1.807, 2.05) is 12.1 Å². The molecule has 0 amide bonds. The molecule has 1 aromatic carbocycles. The smallest absolute Gasteiger partial charge is 0.276 e. The minimum atomic E-state index is -0.334. The van der Waals surface area contributed by atoms with Gasteiger partial charge in [-0.2, -0.15) is 5.26 Å².